The normalized spacial score (nSPS) is 11.7. The van der Waals surface area contributed by atoms with Gasteiger partial charge in [0.05, 0.1) is 11.6 Å². The van der Waals surface area contributed by atoms with Crippen LogP contribution < -0.4 is 0 Å². The molecule has 0 saturated heterocycles. The Morgan fingerprint density at radius 1 is 1.17 bits per heavy atom. The quantitative estimate of drug-likeness (QED) is 0.293. The molecule has 1 N–H and O–H groups in total. The maximum absolute atomic E-state index is 13.4. The summed E-state index contributed by atoms with van der Waals surface area (Å²) in [6.45, 7) is 0.138. The Balaban J connectivity index is 1.60. The first-order chi connectivity index (χ1) is 14.2. The van der Waals surface area contributed by atoms with Crippen LogP contribution in [0.1, 0.15) is 17.0 Å². The Bertz CT molecular complexity index is 1160. The molecule has 11 heteroatoms. The fraction of sp³-hybridized carbons (Fsp3) is 0.111. The standard InChI is InChI=1S/C18H13ClFN7O2/c19-13-8-11(6-7-14(13)20)9-15(22-28)17-16(23-29-24-17)10-27-18(21-25-26-27)12-4-2-1-3-5-12/h1-8,28H,9-10H2. The van der Waals surface area contributed by atoms with Gasteiger partial charge in [-0.05, 0) is 33.3 Å². The number of hydrogen-bond acceptors (Lipinski definition) is 8. The van der Waals surface area contributed by atoms with Gasteiger partial charge in [0.2, 0.25) is 0 Å². The Morgan fingerprint density at radius 3 is 2.76 bits per heavy atom. The van der Waals surface area contributed by atoms with E-state index in [0.29, 0.717) is 17.1 Å². The van der Waals surface area contributed by atoms with E-state index in [1.807, 2.05) is 30.3 Å². The van der Waals surface area contributed by atoms with Crippen molar-refractivity contribution in [3.8, 4) is 11.4 Å². The number of rotatable bonds is 6. The Hall–Kier alpha value is -3.66. The third-order valence-electron chi connectivity index (χ3n) is 4.17. The van der Waals surface area contributed by atoms with Gasteiger partial charge in [0.25, 0.3) is 0 Å². The zero-order chi connectivity index (χ0) is 20.2. The molecule has 0 aliphatic carbocycles. The van der Waals surface area contributed by atoms with Crippen molar-refractivity contribution in [3.63, 3.8) is 0 Å². The fourth-order valence-electron chi connectivity index (χ4n) is 2.79. The predicted molar refractivity (Wildman–Crippen MR) is 100 cm³/mol. The lowest BCUT2D eigenvalue weighted by atomic mass is 10.0. The van der Waals surface area contributed by atoms with Crippen LogP contribution in [0.5, 0.6) is 0 Å². The lowest BCUT2D eigenvalue weighted by Gasteiger charge is -2.06. The van der Waals surface area contributed by atoms with Crippen LogP contribution in [-0.4, -0.2) is 41.4 Å². The molecule has 4 aromatic rings. The van der Waals surface area contributed by atoms with E-state index < -0.39 is 5.82 Å². The zero-order valence-corrected chi connectivity index (χ0v) is 15.5. The van der Waals surface area contributed by atoms with Crippen molar-refractivity contribution >= 4 is 17.3 Å². The van der Waals surface area contributed by atoms with Gasteiger partial charge in [0.1, 0.15) is 17.2 Å². The molecule has 9 nitrogen and oxygen atoms in total. The Labute approximate surface area is 168 Å². The van der Waals surface area contributed by atoms with Crippen molar-refractivity contribution in [1.29, 1.82) is 0 Å². The SMILES string of the molecule is ON=C(Cc1ccc(F)c(Cl)c1)c1nonc1Cn1nnnc1-c1ccccc1. The minimum absolute atomic E-state index is 0.0283. The van der Waals surface area contributed by atoms with Crippen molar-refractivity contribution < 1.29 is 14.2 Å². The maximum Gasteiger partial charge on any atom is 0.182 e. The first-order valence-corrected chi connectivity index (χ1v) is 8.81. The van der Waals surface area contributed by atoms with Crippen molar-refractivity contribution in [2.75, 3.05) is 0 Å². The second kappa shape index (κ2) is 8.15. The summed E-state index contributed by atoms with van der Waals surface area (Å²) in [5.41, 5.74) is 2.24. The molecule has 29 heavy (non-hydrogen) atoms. The molecule has 0 aliphatic rings. The average molecular weight is 414 g/mol. The average Bonchev–Trinajstić information content (AvgIpc) is 3.39. The number of aromatic nitrogens is 6. The molecule has 0 fully saturated rings. The topological polar surface area (TPSA) is 115 Å². The molecule has 146 valence electrons. The number of nitrogens with zero attached hydrogens (tertiary/aromatic N) is 7. The molecule has 4 rings (SSSR count). The maximum atomic E-state index is 13.4. The number of benzene rings is 2. The first kappa shape index (κ1) is 18.7. The molecule has 0 spiro atoms. The molecule has 2 aromatic heterocycles. The van der Waals surface area contributed by atoms with Crippen LogP contribution in [0, 0.1) is 5.82 Å². The van der Waals surface area contributed by atoms with E-state index in [4.69, 9.17) is 16.2 Å². The highest BCUT2D eigenvalue weighted by Crippen LogP contribution is 2.20. The van der Waals surface area contributed by atoms with Gasteiger partial charge < -0.3 is 5.21 Å². The lowest BCUT2D eigenvalue weighted by molar-refractivity contribution is 0.299. The summed E-state index contributed by atoms with van der Waals surface area (Å²) in [4.78, 5) is 0. The van der Waals surface area contributed by atoms with Crippen molar-refractivity contribution in [1.82, 2.24) is 30.5 Å². The summed E-state index contributed by atoms with van der Waals surface area (Å²) < 4.78 is 19.7. The van der Waals surface area contributed by atoms with Crippen molar-refractivity contribution in [2.45, 2.75) is 13.0 Å². The molecule has 0 aliphatic heterocycles. The van der Waals surface area contributed by atoms with Gasteiger partial charge >= 0.3 is 0 Å². The van der Waals surface area contributed by atoms with Gasteiger partial charge in [0.15, 0.2) is 11.5 Å². The van der Waals surface area contributed by atoms with Gasteiger partial charge in [-0.15, -0.1) is 5.10 Å². The van der Waals surface area contributed by atoms with Gasteiger partial charge in [-0.25, -0.2) is 13.7 Å². The number of oxime groups is 1. The molecule has 0 saturated carbocycles. The molecule has 2 aromatic carbocycles. The molecule has 0 atom stereocenters. The number of hydrogen-bond donors (Lipinski definition) is 1. The van der Waals surface area contributed by atoms with Crippen LogP contribution in [0.3, 0.4) is 0 Å². The van der Waals surface area contributed by atoms with Crippen molar-refractivity contribution in [3.05, 3.63) is 76.3 Å². The molecular weight excluding hydrogens is 401 g/mol. The Kier molecular flexibility index (Phi) is 5.25. The molecular formula is C18H13ClFN7O2. The summed E-state index contributed by atoms with van der Waals surface area (Å²) in [5, 5.41) is 32.2. The van der Waals surface area contributed by atoms with Gasteiger partial charge in [-0.1, -0.05) is 58.3 Å². The summed E-state index contributed by atoms with van der Waals surface area (Å²) in [7, 11) is 0. The van der Waals surface area contributed by atoms with Crippen LogP contribution in [0.2, 0.25) is 5.02 Å². The van der Waals surface area contributed by atoms with E-state index in [0.717, 1.165) is 5.56 Å². The van der Waals surface area contributed by atoms with E-state index in [1.54, 1.807) is 0 Å². The summed E-state index contributed by atoms with van der Waals surface area (Å²) in [5.74, 6) is 0.00109. The van der Waals surface area contributed by atoms with Gasteiger partial charge in [0, 0.05) is 12.0 Å². The summed E-state index contributed by atoms with van der Waals surface area (Å²) >= 11 is 5.82. The third kappa shape index (κ3) is 3.97. The van der Waals surface area contributed by atoms with E-state index in [9.17, 15) is 9.60 Å². The van der Waals surface area contributed by atoms with E-state index in [2.05, 4.69) is 31.0 Å². The van der Waals surface area contributed by atoms with Crippen LogP contribution in [0.4, 0.5) is 4.39 Å². The van der Waals surface area contributed by atoms with E-state index in [-0.39, 0.29) is 29.4 Å². The van der Waals surface area contributed by atoms with Crippen LogP contribution >= 0.6 is 11.6 Å². The second-order valence-corrected chi connectivity index (χ2v) is 6.46. The minimum Gasteiger partial charge on any atom is -0.411 e. The predicted octanol–water partition coefficient (Wildman–Crippen LogP) is 2.98. The largest absolute Gasteiger partial charge is 0.411 e. The van der Waals surface area contributed by atoms with Crippen LogP contribution in [0.25, 0.3) is 11.4 Å². The second-order valence-electron chi connectivity index (χ2n) is 6.06. The monoisotopic (exact) mass is 413 g/mol. The number of tetrazole rings is 1. The first-order valence-electron chi connectivity index (χ1n) is 8.44. The molecule has 0 radical (unpaired) electrons. The molecule has 0 amide bonds. The van der Waals surface area contributed by atoms with Crippen LogP contribution in [0.15, 0.2) is 58.3 Å². The lowest BCUT2D eigenvalue weighted by Crippen LogP contribution is -2.13. The molecule has 0 bridgehead atoms. The fourth-order valence-corrected chi connectivity index (χ4v) is 2.99. The van der Waals surface area contributed by atoms with Gasteiger partial charge in [-0.3, -0.25) is 0 Å². The van der Waals surface area contributed by atoms with E-state index >= 15 is 0 Å². The molecule has 2 heterocycles. The smallest absolute Gasteiger partial charge is 0.182 e. The van der Waals surface area contributed by atoms with Crippen LogP contribution in [-0.2, 0) is 13.0 Å². The number of halogens is 2. The zero-order valence-electron chi connectivity index (χ0n) is 14.8. The molecule has 0 unspecified atom stereocenters. The summed E-state index contributed by atoms with van der Waals surface area (Å²) in [6.07, 6.45) is 0.138. The highest BCUT2D eigenvalue weighted by molar-refractivity contribution is 6.30. The highest BCUT2D eigenvalue weighted by atomic mass is 35.5. The van der Waals surface area contributed by atoms with E-state index in [1.165, 1.54) is 22.9 Å². The summed E-state index contributed by atoms with van der Waals surface area (Å²) in [6, 6.07) is 13.6. The Morgan fingerprint density at radius 2 is 2.00 bits per heavy atom. The third-order valence-corrected chi connectivity index (χ3v) is 4.46. The van der Waals surface area contributed by atoms with Crippen molar-refractivity contribution in [2.24, 2.45) is 5.16 Å². The highest BCUT2D eigenvalue weighted by Gasteiger charge is 2.20. The minimum atomic E-state index is -0.534. The van der Waals surface area contributed by atoms with Gasteiger partial charge in [-0.2, -0.15) is 0 Å².